The molecule has 1 aliphatic carbocycles. The van der Waals surface area contributed by atoms with Crippen molar-refractivity contribution in [3.05, 3.63) is 16.1 Å². The van der Waals surface area contributed by atoms with Crippen LogP contribution >= 0.6 is 11.3 Å². The van der Waals surface area contributed by atoms with Crippen molar-refractivity contribution in [3.8, 4) is 0 Å². The second-order valence-corrected chi connectivity index (χ2v) is 6.17. The van der Waals surface area contributed by atoms with Gasteiger partial charge in [0.2, 0.25) is 0 Å². The predicted molar refractivity (Wildman–Crippen MR) is 72.5 cm³/mol. The largest absolute Gasteiger partial charge is 0.481 e. The fraction of sp³-hybridized carbons (Fsp3) is 0.615. The van der Waals surface area contributed by atoms with E-state index in [-0.39, 0.29) is 12.3 Å². The molecule has 0 saturated heterocycles. The van der Waals surface area contributed by atoms with E-state index in [1.165, 1.54) is 11.3 Å². The molecule has 1 unspecified atom stereocenters. The molecular formula is C13H18N2O3S. The van der Waals surface area contributed by atoms with Crippen molar-refractivity contribution < 1.29 is 14.7 Å². The first-order valence-electron chi connectivity index (χ1n) is 6.43. The van der Waals surface area contributed by atoms with Crippen LogP contribution in [0.1, 0.15) is 60.9 Å². The van der Waals surface area contributed by atoms with Gasteiger partial charge in [-0.2, -0.15) is 0 Å². The van der Waals surface area contributed by atoms with Crippen LogP contribution in [0.3, 0.4) is 0 Å². The molecule has 6 heteroatoms. The van der Waals surface area contributed by atoms with Gasteiger partial charge in [-0.1, -0.05) is 6.92 Å². The second-order valence-electron chi connectivity index (χ2n) is 5.28. The van der Waals surface area contributed by atoms with Crippen LogP contribution < -0.4 is 5.32 Å². The molecule has 1 aromatic rings. The van der Waals surface area contributed by atoms with Gasteiger partial charge < -0.3 is 10.4 Å². The molecule has 19 heavy (non-hydrogen) atoms. The third-order valence-corrected chi connectivity index (χ3v) is 4.43. The van der Waals surface area contributed by atoms with Crippen molar-refractivity contribution in [2.45, 2.75) is 51.0 Å². The maximum Gasteiger partial charge on any atom is 0.305 e. The van der Waals surface area contributed by atoms with Gasteiger partial charge in [0.05, 0.1) is 11.4 Å². The highest BCUT2D eigenvalue weighted by Gasteiger charge is 2.30. The van der Waals surface area contributed by atoms with E-state index in [2.05, 4.69) is 10.3 Å². The molecule has 1 aliphatic rings. The molecule has 2 rings (SSSR count). The number of carbonyl (C=O) groups excluding carboxylic acids is 1. The van der Waals surface area contributed by atoms with E-state index >= 15 is 0 Å². The lowest BCUT2D eigenvalue weighted by molar-refractivity contribution is -0.138. The average molecular weight is 282 g/mol. The minimum absolute atomic E-state index is 0.0884. The van der Waals surface area contributed by atoms with Gasteiger partial charge in [-0.3, -0.25) is 9.59 Å². The summed E-state index contributed by atoms with van der Waals surface area (Å²) in [7, 11) is 0. The highest BCUT2D eigenvalue weighted by Crippen LogP contribution is 2.41. The fourth-order valence-corrected chi connectivity index (χ4v) is 2.81. The van der Waals surface area contributed by atoms with Crippen LogP contribution in [-0.4, -0.2) is 27.5 Å². The van der Waals surface area contributed by atoms with Gasteiger partial charge in [0, 0.05) is 16.8 Å². The highest BCUT2D eigenvalue weighted by atomic mass is 32.1. The SMILES string of the molecule is CCC(C)(CC(=O)O)NC(=O)c1csc(C2CC2)n1. The third kappa shape index (κ3) is 3.53. The molecule has 2 N–H and O–H groups in total. The maximum atomic E-state index is 12.1. The maximum absolute atomic E-state index is 12.1. The molecule has 104 valence electrons. The summed E-state index contributed by atoms with van der Waals surface area (Å²) in [6.07, 6.45) is 2.78. The Labute approximate surface area is 116 Å². The minimum Gasteiger partial charge on any atom is -0.481 e. The molecule has 1 heterocycles. The van der Waals surface area contributed by atoms with E-state index < -0.39 is 11.5 Å². The number of aliphatic carboxylic acids is 1. The van der Waals surface area contributed by atoms with E-state index in [4.69, 9.17) is 5.11 Å². The van der Waals surface area contributed by atoms with Gasteiger partial charge in [-0.15, -0.1) is 11.3 Å². The summed E-state index contributed by atoms with van der Waals surface area (Å²) in [5, 5.41) is 14.4. The predicted octanol–water partition coefficient (Wildman–Crippen LogP) is 2.39. The van der Waals surface area contributed by atoms with E-state index in [9.17, 15) is 9.59 Å². The van der Waals surface area contributed by atoms with Crippen LogP contribution in [0.4, 0.5) is 0 Å². The smallest absolute Gasteiger partial charge is 0.305 e. The van der Waals surface area contributed by atoms with E-state index in [1.54, 1.807) is 12.3 Å². The van der Waals surface area contributed by atoms with E-state index in [1.807, 2.05) is 6.92 Å². The normalized spacial score (nSPS) is 17.8. The fourth-order valence-electron chi connectivity index (χ4n) is 1.84. The Balaban J connectivity index is 2.03. The van der Waals surface area contributed by atoms with Crippen LogP contribution in [0.15, 0.2) is 5.38 Å². The number of aromatic nitrogens is 1. The van der Waals surface area contributed by atoms with Crippen LogP contribution in [0.25, 0.3) is 0 Å². The molecule has 1 aromatic heterocycles. The first kappa shape index (κ1) is 14.0. The number of carbonyl (C=O) groups is 2. The summed E-state index contributed by atoms with van der Waals surface area (Å²) in [6.45, 7) is 3.60. The Hall–Kier alpha value is -1.43. The third-order valence-electron chi connectivity index (χ3n) is 3.42. The lowest BCUT2D eigenvalue weighted by Crippen LogP contribution is -2.47. The number of hydrogen-bond acceptors (Lipinski definition) is 4. The summed E-state index contributed by atoms with van der Waals surface area (Å²) in [5.74, 6) is -0.668. The van der Waals surface area contributed by atoms with Gasteiger partial charge in [-0.05, 0) is 26.2 Å². The number of carboxylic acids is 1. The molecule has 1 saturated carbocycles. The number of nitrogens with zero attached hydrogens (tertiary/aromatic N) is 1. The van der Waals surface area contributed by atoms with Crippen LogP contribution in [0, 0.1) is 0 Å². The minimum atomic E-state index is -0.915. The van der Waals surface area contributed by atoms with Crippen molar-refractivity contribution in [3.63, 3.8) is 0 Å². The highest BCUT2D eigenvalue weighted by molar-refractivity contribution is 7.10. The number of carboxylic acid groups (broad SMARTS) is 1. The van der Waals surface area contributed by atoms with Gasteiger partial charge in [-0.25, -0.2) is 4.98 Å². The number of amides is 1. The lowest BCUT2D eigenvalue weighted by atomic mass is 9.94. The molecule has 0 radical (unpaired) electrons. The molecule has 0 bridgehead atoms. The van der Waals surface area contributed by atoms with Gasteiger partial charge in [0.15, 0.2) is 0 Å². The Bertz CT molecular complexity index is 496. The van der Waals surface area contributed by atoms with Crippen LogP contribution in [0.2, 0.25) is 0 Å². The number of hydrogen-bond donors (Lipinski definition) is 2. The molecule has 1 atom stereocenters. The Morgan fingerprint density at radius 1 is 1.58 bits per heavy atom. The summed E-state index contributed by atoms with van der Waals surface area (Å²) < 4.78 is 0. The summed E-state index contributed by atoms with van der Waals surface area (Å²) >= 11 is 1.51. The topological polar surface area (TPSA) is 79.3 Å². The Morgan fingerprint density at radius 2 is 2.26 bits per heavy atom. The van der Waals surface area contributed by atoms with Gasteiger partial charge >= 0.3 is 5.97 Å². The van der Waals surface area contributed by atoms with Crippen molar-refractivity contribution in [1.29, 1.82) is 0 Å². The molecule has 0 aliphatic heterocycles. The van der Waals surface area contributed by atoms with Gasteiger partial charge in [0.1, 0.15) is 5.69 Å². The van der Waals surface area contributed by atoms with Crippen LogP contribution in [-0.2, 0) is 4.79 Å². The van der Waals surface area contributed by atoms with Crippen molar-refractivity contribution in [1.82, 2.24) is 10.3 Å². The molecule has 0 spiro atoms. The molecule has 5 nitrogen and oxygen atoms in total. The van der Waals surface area contributed by atoms with E-state index in [0.717, 1.165) is 17.8 Å². The average Bonchev–Trinajstić information content (AvgIpc) is 3.06. The van der Waals surface area contributed by atoms with Gasteiger partial charge in [0.25, 0.3) is 5.91 Å². The number of rotatable bonds is 6. The van der Waals surface area contributed by atoms with Crippen molar-refractivity contribution >= 4 is 23.2 Å². The number of thiazole rings is 1. The van der Waals surface area contributed by atoms with Crippen LogP contribution in [0.5, 0.6) is 0 Å². The zero-order chi connectivity index (χ0) is 14.0. The van der Waals surface area contributed by atoms with E-state index in [0.29, 0.717) is 18.0 Å². The quantitative estimate of drug-likeness (QED) is 0.839. The second kappa shape index (κ2) is 5.28. The summed E-state index contributed by atoms with van der Waals surface area (Å²) in [5.41, 5.74) is -0.330. The first-order valence-corrected chi connectivity index (χ1v) is 7.31. The molecular weight excluding hydrogens is 264 g/mol. The summed E-state index contributed by atoms with van der Waals surface area (Å²) in [6, 6.07) is 0. The number of nitrogens with one attached hydrogen (secondary N) is 1. The zero-order valence-corrected chi connectivity index (χ0v) is 11.9. The molecule has 0 aromatic carbocycles. The standard InChI is InChI=1S/C13H18N2O3S/c1-3-13(2,6-10(16)17)15-11(18)9-7-19-12(14-9)8-4-5-8/h7-8H,3-6H2,1-2H3,(H,15,18)(H,16,17). The van der Waals surface area contributed by atoms with Crippen molar-refractivity contribution in [2.24, 2.45) is 0 Å². The summed E-state index contributed by atoms with van der Waals surface area (Å²) in [4.78, 5) is 27.3. The van der Waals surface area contributed by atoms with Crippen molar-refractivity contribution in [2.75, 3.05) is 0 Å². The first-order chi connectivity index (χ1) is 8.93. The lowest BCUT2D eigenvalue weighted by Gasteiger charge is -2.27. The zero-order valence-electron chi connectivity index (χ0n) is 11.1. The Kier molecular flexibility index (Phi) is 3.89. The Morgan fingerprint density at radius 3 is 2.79 bits per heavy atom. The molecule has 1 fully saturated rings. The monoisotopic (exact) mass is 282 g/mol. The molecule has 1 amide bonds.